The molecule has 0 fully saturated rings. The van der Waals surface area contributed by atoms with Crippen molar-refractivity contribution in [3.05, 3.63) is 33.9 Å². The third kappa shape index (κ3) is 3.55. The minimum atomic E-state index is -0.540. The van der Waals surface area contributed by atoms with Crippen molar-refractivity contribution < 1.29 is 9.72 Å². The van der Waals surface area contributed by atoms with Crippen molar-refractivity contribution in [3.63, 3.8) is 0 Å². The van der Waals surface area contributed by atoms with E-state index in [1.807, 2.05) is 11.9 Å². The predicted octanol–water partition coefficient (Wildman–Crippen LogP) is 2.89. The number of anilines is 1. The van der Waals surface area contributed by atoms with Crippen LogP contribution in [0.15, 0.2) is 18.2 Å². The Labute approximate surface area is 107 Å². The lowest BCUT2D eigenvalue weighted by Gasteiger charge is -2.20. The maximum atomic E-state index is 10.8. The summed E-state index contributed by atoms with van der Waals surface area (Å²) in [5.74, 6) is 0.594. The summed E-state index contributed by atoms with van der Waals surface area (Å²) < 4.78 is 0. The molecule has 0 spiro atoms. The molecule has 5 heteroatoms. The number of nitrogens with zero attached hydrogens (tertiary/aromatic N) is 2. The van der Waals surface area contributed by atoms with Gasteiger partial charge in [-0.1, -0.05) is 13.8 Å². The third-order valence-electron chi connectivity index (χ3n) is 2.82. The molecule has 0 aliphatic carbocycles. The Hall–Kier alpha value is -1.91. The largest absolute Gasteiger partial charge is 0.375 e. The molecule has 0 heterocycles. The summed E-state index contributed by atoms with van der Waals surface area (Å²) in [5.41, 5.74) is 0.795. The Balaban J connectivity index is 2.91. The van der Waals surface area contributed by atoms with Crippen molar-refractivity contribution in [3.8, 4) is 0 Å². The molecular formula is C13H18N2O3. The molecule has 1 aromatic rings. The first kappa shape index (κ1) is 14.2. The molecule has 0 amide bonds. The number of rotatable bonds is 6. The highest BCUT2D eigenvalue weighted by molar-refractivity contribution is 5.83. The minimum Gasteiger partial charge on any atom is -0.375 e. The quantitative estimate of drug-likeness (QED) is 0.442. The van der Waals surface area contributed by atoms with E-state index < -0.39 is 4.92 Å². The van der Waals surface area contributed by atoms with E-state index in [2.05, 4.69) is 13.8 Å². The molecule has 1 rings (SSSR count). The summed E-state index contributed by atoms with van der Waals surface area (Å²) >= 11 is 0. The van der Waals surface area contributed by atoms with Crippen molar-refractivity contribution in [2.75, 3.05) is 18.5 Å². The lowest BCUT2D eigenvalue weighted by molar-refractivity contribution is -0.385. The van der Waals surface area contributed by atoms with Gasteiger partial charge in [0.05, 0.1) is 10.5 Å². The molecule has 98 valence electrons. The minimum absolute atomic E-state index is 0.119. The standard InChI is InChI=1S/C13H18N2O3/c1-10(2)6-7-14(3)12-4-5-13(15(17)18)11(8-12)9-16/h4-5,8-10H,6-7H2,1-3H3. The second-order valence-electron chi connectivity index (χ2n) is 4.72. The summed E-state index contributed by atoms with van der Waals surface area (Å²) in [5, 5.41) is 10.7. The topological polar surface area (TPSA) is 63.4 Å². The summed E-state index contributed by atoms with van der Waals surface area (Å²) in [4.78, 5) is 23.0. The third-order valence-corrected chi connectivity index (χ3v) is 2.82. The van der Waals surface area contributed by atoms with Gasteiger partial charge in [-0.25, -0.2) is 0 Å². The van der Waals surface area contributed by atoms with Crippen LogP contribution in [0.4, 0.5) is 11.4 Å². The Kier molecular flexibility index (Phi) is 4.83. The van der Waals surface area contributed by atoms with Crippen LogP contribution in [0.1, 0.15) is 30.6 Å². The molecule has 0 N–H and O–H groups in total. The van der Waals surface area contributed by atoms with Crippen molar-refractivity contribution in [1.29, 1.82) is 0 Å². The molecule has 0 saturated heterocycles. The number of aldehydes is 1. The summed E-state index contributed by atoms with van der Waals surface area (Å²) in [6.45, 7) is 5.13. The monoisotopic (exact) mass is 250 g/mol. The van der Waals surface area contributed by atoms with E-state index in [0.717, 1.165) is 18.7 Å². The SMILES string of the molecule is CC(C)CCN(C)c1ccc([N+](=O)[O-])c(C=O)c1. The molecule has 0 bridgehead atoms. The Morgan fingerprint density at radius 1 is 1.44 bits per heavy atom. The van der Waals surface area contributed by atoms with E-state index >= 15 is 0 Å². The summed E-state index contributed by atoms with van der Waals surface area (Å²) in [6, 6.07) is 4.61. The number of nitro benzene ring substituents is 1. The molecule has 0 aliphatic heterocycles. The first-order chi connectivity index (χ1) is 8.45. The first-order valence-electron chi connectivity index (χ1n) is 5.90. The molecule has 1 aromatic carbocycles. The Morgan fingerprint density at radius 2 is 2.11 bits per heavy atom. The van der Waals surface area contributed by atoms with E-state index in [-0.39, 0.29) is 11.3 Å². The predicted molar refractivity (Wildman–Crippen MR) is 71.2 cm³/mol. The molecule has 0 atom stereocenters. The van der Waals surface area contributed by atoms with E-state index in [0.29, 0.717) is 12.2 Å². The average Bonchev–Trinajstić information content (AvgIpc) is 2.34. The fourth-order valence-electron chi connectivity index (χ4n) is 1.62. The summed E-state index contributed by atoms with van der Waals surface area (Å²) in [6.07, 6.45) is 1.56. The highest BCUT2D eigenvalue weighted by atomic mass is 16.6. The van der Waals surface area contributed by atoms with Crippen LogP contribution in [0.5, 0.6) is 0 Å². The van der Waals surface area contributed by atoms with Gasteiger partial charge in [0.2, 0.25) is 0 Å². The maximum absolute atomic E-state index is 10.8. The molecule has 5 nitrogen and oxygen atoms in total. The van der Waals surface area contributed by atoms with Gasteiger partial charge >= 0.3 is 0 Å². The molecule has 0 aromatic heterocycles. The maximum Gasteiger partial charge on any atom is 0.280 e. The van der Waals surface area contributed by atoms with Crippen molar-refractivity contribution in [1.82, 2.24) is 0 Å². The van der Waals surface area contributed by atoms with Gasteiger partial charge in [-0.3, -0.25) is 14.9 Å². The zero-order chi connectivity index (χ0) is 13.7. The van der Waals surface area contributed by atoms with Crippen LogP contribution in [-0.2, 0) is 0 Å². The second kappa shape index (κ2) is 6.14. The molecule has 18 heavy (non-hydrogen) atoms. The first-order valence-corrected chi connectivity index (χ1v) is 5.90. The van der Waals surface area contributed by atoms with E-state index in [1.165, 1.54) is 6.07 Å². The number of benzene rings is 1. The number of carbonyl (C=O) groups excluding carboxylic acids is 1. The lowest BCUT2D eigenvalue weighted by atomic mass is 10.1. The molecule has 0 unspecified atom stereocenters. The molecule has 0 radical (unpaired) electrons. The van der Waals surface area contributed by atoms with Gasteiger partial charge in [-0.2, -0.15) is 0 Å². The van der Waals surface area contributed by atoms with Crippen LogP contribution in [0.2, 0.25) is 0 Å². The van der Waals surface area contributed by atoms with Crippen LogP contribution in [0.25, 0.3) is 0 Å². The summed E-state index contributed by atoms with van der Waals surface area (Å²) in [7, 11) is 1.91. The van der Waals surface area contributed by atoms with Gasteiger partial charge in [-0.15, -0.1) is 0 Å². The lowest BCUT2D eigenvalue weighted by Crippen LogP contribution is -2.20. The van der Waals surface area contributed by atoms with Gasteiger partial charge < -0.3 is 4.90 Å². The van der Waals surface area contributed by atoms with Crippen LogP contribution in [0, 0.1) is 16.0 Å². The second-order valence-corrected chi connectivity index (χ2v) is 4.72. The van der Waals surface area contributed by atoms with Crippen molar-refractivity contribution >= 4 is 17.7 Å². The van der Waals surface area contributed by atoms with Crippen LogP contribution in [0.3, 0.4) is 0 Å². The molecule has 0 aliphatic rings. The average molecular weight is 250 g/mol. The normalized spacial score (nSPS) is 10.4. The molecule has 0 saturated carbocycles. The van der Waals surface area contributed by atoms with Crippen LogP contribution in [-0.4, -0.2) is 24.8 Å². The Morgan fingerprint density at radius 3 is 2.61 bits per heavy atom. The zero-order valence-corrected chi connectivity index (χ0v) is 10.9. The smallest absolute Gasteiger partial charge is 0.280 e. The Bertz CT molecular complexity index is 444. The fourth-order valence-corrected chi connectivity index (χ4v) is 1.62. The molecular weight excluding hydrogens is 232 g/mol. The van der Waals surface area contributed by atoms with Crippen molar-refractivity contribution in [2.45, 2.75) is 20.3 Å². The highest BCUT2D eigenvalue weighted by Gasteiger charge is 2.14. The van der Waals surface area contributed by atoms with Gasteiger partial charge in [-0.05, 0) is 24.5 Å². The van der Waals surface area contributed by atoms with E-state index in [4.69, 9.17) is 0 Å². The fraction of sp³-hybridized carbons (Fsp3) is 0.462. The number of nitro groups is 1. The van der Waals surface area contributed by atoms with E-state index in [9.17, 15) is 14.9 Å². The van der Waals surface area contributed by atoms with E-state index in [1.54, 1.807) is 12.1 Å². The van der Waals surface area contributed by atoms with Crippen molar-refractivity contribution in [2.24, 2.45) is 5.92 Å². The zero-order valence-electron chi connectivity index (χ0n) is 10.9. The van der Waals surface area contributed by atoms with Crippen LogP contribution < -0.4 is 4.90 Å². The van der Waals surface area contributed by atoms with Gasteiger partial charge in [0, 0.05) is 25.3 Å². The van der Waals surface area contributed by atoms with Gasteiger partial charge in [0.25, 0.3) is 5.69 Å². The van der Waals surface area contributed by atoms with Gasteiger partial charge in [0.15, 0.2) is 6.29 Å². The highest BCUT2D eigenvalue weighted by Crippen LogP contribution is 2.23. The number of hydrogen-bond acceptors (Lipinski definition) is 4. The number of hydrogen-bond donors (Lipinski definition) is 0. The van der Waals surface area contributed by atoms with Crippen LogP contribution >= 0.6 is 0 Å². The number of carbonyl (C=O) groups is 1. The van der Waals surface area contributed by atoms with Gasteiger partial charge in [0.1, 0.15) is 0 Å².